The second-order valence-corrected chi connectivity index (χ2v) is 7.10. The topological polar surface area (TPSA) is 55.1 Å². The van der Waals surface area contributed by atoms with Crippen LogP contribution in [0.3, 0.4) is 0 Å². The molecule has 0 atom stereocenters. The highest BCUT2D eigenvalue weighted by molar-refractivity contribution is 6.00. The fourth-order valence-electron chi connectivity index (χ4n) is 3.69. The van der Waals surface area contributed by atoms with E-state index in [2.05, 4.69) is 10.3 Å². The van der Waals surface area contributed by atoms with Gasteiger partial charge in [0.2, 0.25) is 5.89 Å². The number of aromatic nitrogens is 1. The van der Waals surface area contributed by atoms with Crippen molar-refractivity contribution < 1.29 is 9.21 Å². The van der Waals surface area contributed by atoms with Crippen LogP contribution in [0.25, 0.3) is 22.8 Å². The molecule has 0 radical (unpaired) electrons. The summed E-state index contributed by atoms with van der Waals surface area (Å²) < 4.78 is 5.97. The number of nitrogens with one attached hydrogen (secondary N) is 1. The summed E-state index contributed by atoms with van der Waals surface area (Å²) in [6, 6.07) is 17.6. The van der Waals surface area contributed by atoms with Crippen LogP contribution in [-0.2, 0) is 0 Å². The molecule has 1 N–H and O–H groups in total. The van der Waals surface area contributed by atoms with Crippen molar-refractivity contribution >= 4 is 5.91 Å². The van der Waals surface area contributed by atoms with Crippen molar-refractivity contribution in [3.63, 3.8) is 0 Å². The Morgan fingerprint density at radius 3 is 2.41 bits per heavy atom. The SMILES string of the molecule is O=C(NC1CCCCCC1)c1ccccc1-c1ncc(-c2ccccc2)o1. The van der Waals surface area contributed by atoms with Crippen LogP contribution in [0.15, 0.2) is 65.2 Å². The molecule has 1 heterocycles. The molecule has 1 aliphatic rings. The van der Waals surface area contributed by atoms with Gasteiger partial charge in [0.15, 0.2) is 5.76 Å². The number of carbonyl (C=O) groups is 1. The summed E-state index contributed by atoms with van der Waals surface area (Å²) in [5.41, 5.74) is 2.31. The first-order chi connectivity index (χ1) is 13.3. The minimum atomic E-state index is -0.0445. The van der Waals surface area contributed by atoms with Gasteiger partial charge in [-0.25, -0.2) is 4.98 Å². The molecule has 0 saturated heterocycles. The van der Waals surface area contributed by atoms with E-state index >= 15 is 0 Å². The summed E-state index contributed by atoms with van der Waals surface area (Å²) in [6.07, 6.45) is 8.74. The average molecular weight is 360 g/mol. The first-order valence-electron chi connectivity index (χ1n) is 9.73. The standard InChI is InChI=1S/C23H24N2O2/c26-22(25-18-12-6-1-2-7-13-18)19-14-8-9-15-20(19)23-24-16-21(27-23)17-10-4-3-5-11-17/h3-5,8-11,14-16,18H,1-2,6-7,12-13H2,(H,25,26). The van der Waals surface area contributed by atoms with Gasteiger partial charge in [-0.2, -0.15) is 0 Å². The number of hydrogen-bond donors (Lipinski definition) is 1. The first-order valence-corrected chi connectivity index (χ1v) is 9.73. The van der Waals surface area contributed by atoms with E-state index in [1.54, 1.807) is 6.20 Å². The minimum absolute atomic E-state index is 0.0445. The number of hydrogen-bond acceptors (Lipinski definition) is 3. The average Bonchev–Trinajstić information content (AvgIpc) is 3.07. The zero-order chi connectivity index (χ0) is 18.5. The largest absolute Gasteiger partial charge is 0.436 e. The summed E-state index contributed by atoms with van der Waals surface area (Å²) in [5, 5.41) is 3.22. The van der Waals surface area contributed by atoms with E-state index in [4.69, 9.17) is 4.42 Å². The first kappa shape index (κ1) is 17.5. The molecule has 0 unspecified atom stereocenters. The molecule has 4 heteroatoms. The molecule has 4 rings (SSSR count). The Kier molecular flexibility index (Phi) is 5.33. The quantitative estimate of drug-likeness (QED) is 0.628. The Hall–Kier alpha value is -2.88. The maximum Gasteiger partial charge on any atom is 0.252 e. The molecule has 3 aromatic rings. The maximum absolute atomic E-state index is 12.9. The Labute approximate surface area is 159 Å². The predicted octanol–water partition coefficient (Wildman–Crippen LogP) is 5.46. The summed E-state index contributed by atoms with van der Waals surface area (Å²) in [4.78, 5) is 17.3. The second kappa shape index (κ2) is 8.21. The molecule has 1 aliphatic carbocycles. The molecule has 2 aromatic carbocycles. The third-order valence-corrected chi connectivity index (χ3v) is 5.16. The van der Waals surface area contributed by atoms with Crippen LogP contribution in [0.5, 0.6) is 0 Å². The van der Waals surface area contributed by atoms with E-state index in [1.165, 1.54) is 25.7 Å². The molecule has 1 saturated carbocycles. The van der Waals surface area contributed by atoms with Crippen LogP contribution in [0, 0.1) is 0 Å². The molecule has 138 valence electrons. The molecule has 4 nitrogen and oxygen atoms in total. The normalized spacial score (nSPS) is 15.3. The van der Waals surface area contributed by atoms with Gasteiger partial charge in [0, 0.05) is 17.2 Å². The lowest BCUT2D eigenvalue weighted by Crippen LogP contribution is -2.34. The summed E-state index contributed by atoms with van der Waals surface area (Å²) in [6.45, 7) is 0. The lowest BCUT2D eigenvalue weighted by Gasteiger charge is -2.17. The Morgan fingerprint density at radius 1 is 0.926 bits per heavy atom. The predicted molar refractivity (Wildman–Crippen MR) is 106 cm³/mol. The van der Waals surface area contributed by atoms with Crippen molar-refractivity contribution in [2.45, 2.75) is 44.6 Å². The van der Waals surface area contributed by atoms with Crippen molar-refractivity contribution in [3.05, 3.63) is 66.4 Å². The zero-order valence-corrected chi connectivity index (χ0v) is 15.4. The fraction of sp³-hybridized carbons (Fsp3) is 0.304. The van der Waals surface area contributed by atoms with Crippen LogP contribution in [0.1, 0.15) is 48.9 Å². The zero-order valence-electron chi connectivity index (χ0n) is 15.4. The number of rotatable bonds is 4. The van der Waals surface area contributed by atoms with Gasteiger partial charge in [-0.15, -0.1) is 0 Å². The number of carbonyl (C=O) groups excluding carboxylic acids is 1. The van der Waals surface area contributed by atoms with Crippen molar-refractivity contribution in [1.29, 1.82) is 0 Å². The fourth-order valence-corrected chi connectivity index (χ4v) is 3.69. The smallest absolute Gasteiger partial charge is 0.252 e. The van der Waals surface area contributed by atoms with Crippen molar-refractivity contribution in [1.82, 2.24) is 10.3 Å². The number of amides is 1. The molecular weight excluding hydrogens is 336 g/mol. The summed E-state index contributed by atoms with van der Waals surface area (Å²) in [7, 11) is 0. The molecule has 1 amide bonds. The minimum Gasteiger partial charge on any atom is -0.436 e. The Balaban J connectivity index is 1.58. The van der Waals surface area contributed by atoms with E-state index in [0.717, 1.165) is 24.0 Å². The molecule has 1 fully saturated rings. The van der Waals surface area contributed by atoms with Gasteiger partial charge < -0.3 is 9.73 Å². The van der Waals surface area contributed by atoms with Gasteiger partial charge >= 0.3 is 0 Å². The van der Waals surface area contributed by atoms with Crippen LogP contribution in [0.4, 0.5) is 0 Å². The molecule has 0 aliphatic heterocycles. The van der Waals surface area contributed by atoms with E-state index in [1.807, 2.05) is 54.6 Å². The van der Waals surface area contributed by atoms with Crippen molar-refractivity contribution in [3.8, 4) is 22.8 Å². The lowest BCUT2D eigenvalue weighted by atomic mass is 10.0. The van der Waals surface area contributed by atoms with E-state index < -0.39 is 0 Å². The third kappa shape index (κ3) is 4.11. The van der Waals surface area contributed by atoms with Crippen molar-refractivity contribution in [2.75, 3.05) is 0 Å². The number of benzene rings is 2. The Bertz CT molecular complexity index is 894. The molecular formula is C23H24N2O2. The highest BCUT2D eigenvalue weighted by Crippen LogP contribution is 2.28. The number of nitrogens with zero attached hydrogens (tertiary/aromatic N) is 1. The highest BCUT2D eigenvalue weighted by atomic mass is 16.4. The molecule has 0 bridgehead atoms. The van der Waals surface area contributed by atoms with Gasteiger partial charge in [0.05, 0.1) is 11.8 Å². The van der Waals surface area contributed by atoms with E-state index in [0.29, 0.717) is 17.2 Å². The number of oxazole rings is 1. The van der Waals surface area contributed by atoms with Crippen LogP contribution in [0.2, 0.25) is 0 Å². The van der Waals surface area contributed by atoms with Gasteiger partial charge in [-0.05, 0) is 25.0 Å². The molecule has 27 heavy (non-hydrogen) atoms. The van der Waals surface area contributed by atoms with Crippen LogP contribution in [-0.4, -0.2) is 16.9 Å². The van der Waals surface area contributed by atoms with Gasteiger partial charge in [-0.3, -0.25) is 4.79 Å². The second-order valence-electron chi connectivity index (χ2n) is 7.10. The van der Waals surface area contributed by atoms with Gasteiger partial charge in [-0.1, -0.05) is 68.1 Å². The summed E-state index contributed by atoms with van der Waals surface area (Å²) >= 11 is 0. The monoisotopic (exact) mass is 360 g/mol. The van der Waals surface area contributed by atoms with Gasteiger partial charge in [0.25, 0.3) is 5.91 Å². The van der Waals surface area contributed by atoms with E-state index in [-0.39, 0.29) is 11.9 Å². The lowest BCUT2D eigenvalue weighted by molar-refractivity contribution is 0.0934. The van der Waals surface area contributed by atoms with Crippen molar-refractivity contribution in [2.24, 2.45) is 0 Å². The third-order valence-electron chi connectivity index (χ3n) is 5.16. The van der Waals surface area contributed by atoms with Gasteiger partial charge in [0.1, 0.15) is 0 Å². The molecule has 0 spiro atoms. The molecule has 1 aromatic heterocycles. The van der Waals surface area contributed by atoms with Crippen LogP contribution >= 0.6 is 0 Å². The maximum atomic E-state index is 12.9. The Morgan fingerprint density at radius 2 is 1.63 bits per heavy atom. The van der Waals surface area contributed by atoms with E-state index in [9.17, 15) is 4.79 Å². The summed E-state index contributed by atoms with van der Waals surface area (Å²) in [5.74, 6) is 1.13. The van der Waals surface area contributed by atoms with Crippen LogP contribution < -0.4 is 5.32 Å². The highest BCUT2D eigenvalue weighted by Gasteiger charge is 2.20.